The molecular weight excluding hydrogens is 322 g/mol. The van der Waals surface area contributed by atoms with Crippen LogP contribution in [-0.2, 0) is 14.8 Å². The minimum atomic E-state index is -4.01. The molecule has 8 heteroatoms. The maximum Gasteiger partial charge on any atom is 0.342 e. The molecular formula is C15H17NO6S. The first kappa shape index (κ1) is 16.9. The van der Waals surface area contributed by atoms with Gasteiger partial charge in [-0.15, -0.1) is 0 Å². The third-order valence-corrected chi connectivity index (χ3v) is 4.74. The molecule has 0 aliphatic heterocycles. The Balaban J connectivity index is 2.45. The molecule has 0 aliphatic rings. The zero-order valence-corrected chi connectivity index (χ0v) is 14.0. The highest BCUT2D eigenvalue weighted by atomic mass is 32.2. The number of esters is 1. The van der Waals surface area contributed by atoms with E-state index in [-0.39, 0.29) is 22.0 Å². The van der Waals surface area contributed by atoms with Gasteiger partial charge >= 0.3 is 5.97 Å². The van der Waals surface area contributed by atoms with Gasteiger partial charge in [0.25, 0.3) is 10.0 Å². The molecule has 2 rings (SSSR count). The molecule has 1 aromatic carbocycles. The molecule has 0 saturated carbocycles. The van der Waals surface area contributed by atoms with Crippen molar-refractivity contribution >= 4 is 21.7 Å². The number of rotatable bonds is 5. The standard InChI is InChI=1S/C15H17NO6S/c1-9-13(15(17)21-4)14(10(2)22-9)23(18,19)16-11-5-7-12(20-3)8-6-11/h5-8,16H,1-4H3. The van der Waals surface area contributed by atoms with E-state index in [0.717, 1.165) is 0 Å². The molecule has 1 aromatic heterocycles. The molecule has 2 aromatic rings. The Labute approximate surface area is 134 Å². The minimum Gasteiger partial charge on any atom is -0.497 e. The number of anilines is 1. The molecule has 124 valence electrons. The van der Waals surface area contributed by atoms with E-state index < -0.39 is 16.0 Å². The summed E-state index contributed by atoms with van der Waals surface area (Å²) in [4.78, 5) is 11.6. The van der Waals surface area contributed by atoms with Gasteiger partial charge in [-0.05, 0) is 38.1 Å². The smallest absolute Gasteiger partial charge is 0.342 e. The summed E-state index contributed by atoms with van der Waals surface area (Å²) < 4.78 is 42.6. The predicted octanol–water partition coefficient (Wildman–Crippen LogP) is 2.49. The normalized spacial score (nSPS) is 11.1. The Morgan fingerprint density at radius 1 is 1.09 bits per heavy atom. The van der Waals surface area contributed by atoms with Crippen molar-refractivity contribution in [1.29, 1.82) is 0 Å². The van der Waals surface area contributed by atoms with Crippen LogP contribution in [0.4, 0.5) is 5.69 Å². The van der Waals surface area contributed by atoms with E-state index in [1.54, 1.807) is 24.3 Å². The molecule has 7 nitrogen and oxygen atoms in total. The van der Waals surface area contributed by atoms with Crippen LogP contribution >= 0.6 is 0 Å². The lowest BCUT2D eigenvalue weighted by Gasteiger charge is -2.09. The summed E-state index contributed by atoms with van der Waals surface area (Å²) >= 11 is 0. The van der Waals surface area contributed by atoms with Crippen LogP contribution in [0, 0.1) is 13.8 Å². The van der Waals surface area contributed by atoms with Crippen LogP contribution in [0.15, 0.2) is 33.6 Å². The summed E-state index contributed by atoms with van der Waals surface area (Å²) in [6.45, 7) is 2.98. The summed E-state index contributed by atoms with van der Waals surface area (Å²) in [5, 5.41) is 0. The first-order valence-corrected chi connectivity index (χ1v) is 8.13. The Kier molecular flexibility index (Phi) is 4.65. The quantitative estimate of drug-likeness (QED) is 0.841. The van der Waals surface area contributed by atoms with E-state index >= 15 is 0 Å². The first-order chi connectivity index (χ1) is 10.8. The van der Waals surface area contributed by atoms with Crippen LogP contribution in [0.3, 0.4) is 0 Å². The van der Waals surface area contributed by atoms with E-state index in [0.29, 0.717) is 11.4 Å². The second kappa shape index (κ2) is 6.33. The van der Waals surface area contributed by atoms with Gasteiger partial charge in [-0.3, -0.25) is 4.72 Å². The third-order valence-electron chi connectivity index (χ3n) is 3.21. The lowest BCUT2D eigenvalue weighted by Crippen LogP contribution is -2.17. The number of hydrogen-bond acceptors (Lipinski definition) is 6. The number of sulfonamides is 1. The fraction of sp³-hybridized carbons (Fsp3) is 0.267. The molecule has 23 heavy (non-hydrogen) atoms. The summed E-state index contributed by atoms with van der Waals surface area (Å²) in [6.07, 6.45) is 0. The van der Waals surface area contributed by atoms with Crippen LogP contribution in [0.2, 0.25) is 0 Å². The average Bonchev–Trinajstić information content (AvgIpc) is 2.82. The SMILES string of the molecule is COC(=O)c1c(C)oc(C)c1S(=O)(=O)Nc1ccc(OC)cc1. The topological polar surface area (TPSA) is 94.8 Å². The zero-order chi connectivity index (χ0) is 17.2. The summed E-state index contributed by atoms with van der Waals surface area (Å²) in [7, 11) is -1.32. The van der Waals surface area contributed by atoms with Crippen molar-refractivity contribution in [2.45, 2.75) is 18.7 Å². The first-order valence-electron chi connectivity index (χ1n) is 6.65. The summed E-state index contributed by atoms with van der Waals surface area (Å²) in [5.41, 5.74) is 0.228. The minimum absolute atomic E-state index is 0.106. The van der Waals surface area contributed by atoms with Crippen LogP contribution < -0.4 is 9.46 Å². The molecule has 0 atom stereocenters. The van der Waals surface area contributed by atoms with Gasteiger partial charge in [0.1, 0.15) is 27.7 Å². The van der Waals surface area contributed by atoms with Gasteiger partial charge in [-0.1, -0.05) is 0 Å². The van der Waals surface area contributed by atoms with Gasteiger partial charge in [0.05, 0.1) is 14.2 Å². The lowest BCUT2D eigenvalue weighted by atomic mass is 10.2. The van der Waals surface area contributed by atoms with E-state index in [4.69, 9.17) is 9.15 Å². The maximum atomic E-state index is 12.6. The maximum absolute atomic E-state index is 12.6. The van der Waals surface area contributed by atoms with Crippen LogP contribution in [0.1, 0.15) is 21.9 Å². The molecule has 0 fully saturated rings. The van der Waals surface area contributed by atoms with Crippen molar-refractivity contribution in [2.75, 3.05) is 18.9 Å². The van der Waals surface area contributed by atoms with Gasteiger partial charge in [0.15, 0.2) is 0 Å². The molecule has 0 bridgehead atoms. The zero-order valence-electron chi connectivity index (χ0n) is 13.2. The van der Waals surface area contributed by atoms with Crippen LogP contribution in [-0.4, -0.2) is 28.6 Å². The van der Waals surface area contributed by atoms with Crippen molar-refractivity contribution in [3.8, 4) is 5.75 Å². The molecule has 0 saturated heterocycles. The fourth-order valence-electron chi connectivity index (χ4n) is 2.19. The van der Waals surface area contributed by atoms with Crippen LogP contribution in [0.25, 0.3) is 0 Å². The largest absolute Gasteiger partial charge is 0.497 e. The number of furan rings is 1. The Hall–Kier alpha value is -2.48. The number of carbonyl (C=O) groups is 1. The molecule has 0 unspecified atom stereocenters. The van der Waals surface area contributed by atoms with Gasteiger partial charge in [-0.25, -0.2) is 13.2 Å². The van der Waals surface area contributed by atoms with Crippen LogP contribution in [0.5, 0.6) is 5.75 Å². The van der Waals surface area contributed by atoms with E-state index in [1.165, 1.54) is 28.1 Å². The number of methoxy groups -OCH3 is 2. The highest BCUT2D eigenvalue weighted by Gasteiger charge is 2.31. The Morgan fingerprint density at radius 2 is 1.70 bits per heavy atom. The molecule has 1 N–H and O–H groups in total. The molecule has 0 aliphatic carbocycles. The lowest BCUT2D eigenvalue weighted by molar-refractivity contribution is 0.0595. The van der Waals surface area contributed by atoms with Crippen molar-refractivity contribution in [1.82, 2.24) is 0 Å². The number of hydrogen-bond donors (Lipinski definition) is 1. The van der Waals surface area contributed by atoms with Crippen molar-refractivity contribution in [3.63, 3.8) is 0 Å². The fourth-order valence-corrected chi connectivity index (χ4v) is 3.65. The second-order valence-corrected chi connectivity index (χ2v) is 6.36. The highest BCUT2D eigenvalue weighted by molar-refractivity contribution is 7.92. The molecule has 0 radical (unpaired) electrons. The van der Waals surface area contributed by atoms with Crippen molar-refractivity contribution < 1.29 is 27.1 Å². The number of ether oxygens (including phenoxy) is 2. The van der Waals surface area contributed by atoms with Gasteiger partial charge < -0.3 is 13.9 Å². The van der Waals surface area contributed by atoms with Gasteiger partial charge in [0, 0.05) is 5.69 Å². The second-order valence-electron chi connectivity index (χ2n) is 4.74. The number of benzene rings is 1. The summed E-state index contributed by atoms with van der Waals surface area (Å²) in [6, 6.07) is 6.34. The monoisotopic (exact) mass is 339 g/mol. The Morgan fingerprint density at radius 3 is 2.22 bits per heavy atom. The predicted molar refractivity (Wildman–Crippen MR) is 83.3 cm³/mol. The van der Waals surface area contributed by atoms with Crippen molar-refractivity contribution in [3.05, 3.63) is 41.3 Å². The molecule has 0 spiro atoms. The van der Waals surface area contributed by atoms with Gasteiger partial charge in [0.2, 0.25) is 0 Å². The number of aryl methyl sites for hydroxylation is 2. The van der Waals surface area contributed by atoms with E-state index in [9.17, 15) is 13.2 Å². The Bertz CT molecular complexity index is 820. The number of carbonyl (C=O) groups excluding carboxylic acids is 1. The highest BCUT2D eigenvalue weighted by Crippen LogP contribution is 2.29. The van der Waals surface area contributed by atoms with Crippen molar-refractivity contribution in [2.24, 2.45) is 0 Å². The molecule has 1 heterocycles. The summed E-state index contributed by atoms with van der Waals surface area (Å²) in [5.74, 6) is 0.126. The van der Waals surface area contributed by atoms with E-state index in [1.807, 2.05) is 0 Å². The van der Waals surface area contributed by atoms with E-state index in [2.05, 4.69) is 9.46 Å². The van der Waals surface area contributed by atoms with Gasteiger partial charge in [-0.2, -0.15) is 0 Å². The third kappa shape index (κ3) is 3.31. The average molecular weight is 339 g/mol. The number of nitrogens with one attached hydrogen (secondary N) is 1. The molecule has 0 amide bonds.